The van der Waals surface area contributed by atoms with E-state index >= 15 is 0 Å². The summed E-state index contributed by atoms with van der Waals surface area (Å²) in [6.07, 6.45) is 0.559. The van der Waals surface area contributed by atoms with Crippen LogP contribution in [0.5, 0.6) is 11.5 Å². The first kappa shape index (κ1) is 24.3. The number of hydrogen-bond donors (Lipinski definition) is 1. The molecule has 0 bridgehead atoms. The Kier molecular flexibility index (Phi) is 7.33. The normalized spacial score (nSPS) is 11.7. The predicted molar refractivity (Wildman–Crippen MR) is 149 cm³/mol. The summed E-state index contributed by atoms with van der Waals surface area (Å²) in [5, 5.41) is 3.54. The van der Waals surface area contributed by atoms with E-state index < -0.39 is 5.25 Å². The molecule has 0 saturated carbocycles. The first-order valence-electron chi connectivity index (χ1n) is 12.0. The van der Waals surface area contributed by atoms with Gasteiger partial charge in [-0.25, -0.2) is 4.98 Å². The molecule has 184 valence electrons. The largest absolute Gasteiger partial charge is 0.457 e. The summed E-state index contributed by atoms with van der Waals surface area (Å²) in [6, 6.07) is 33.4. The number of ether oxygens (including phenoxy) is 1. The maximum Gasteiger partial charge on any atom is 0.266 e. The standard InChI is InChI=1S/C30H25N3O3S/c1-2-27(28(34)31-21-17-19-24(20-18-21)36-23-13-7-4-8-14-23)37-30-32-26-16-10-9-15-25(26)29(35)33(30)22-11-5-3-6-12-22/h3-20,27H,2H2,1H3,(H,31,34). The van der Waals surface area contributed by atoms with Gasteiger partial charge in [0, 0.05) is 5.69 Å². The molecule has 1 heterocycles. The number of carbonyl (C=O) groups excluding carboxylic acids is 1. The first-order chi connectivity index (χ1) is 18.1. The lowest BCUT2D eigenvalue weighted by atomic mass is 10.2. The molecule has 1 amide bonds. The number of amides is 1. The minimum atomic E-state index is -0.455. The minimum Gasteiger partial charge on any atom is -0.457 e. The van der Waals surface area contributed by atoms with Gasteiger partial charge in [0.1, 0.15) is 11.5 Å². The van der Waals surface area contributed by atoms with Crippen molar-refractivity contribution >= 4 is 34.3 Å². The van der Waals surface area contributed by atoms with Crippen molar-refractivity contribution in [1.82, 2.24) is 9.55 Å². The Morgan fingerprint density at radius 2 is 1.49 bits per heavy atom. The van der Waals surface area contributed by atoms with Crippen molar-refractivity contribution in [3.05, 3.63) is 120 Å². The number of fused-ring (bicyclic) bond motifs is 1. The molecular weight excluding hydrogens is 482 g/mol. The fraction of sp³-hybridized carbons (Fsp3) is 0.100. The zero-order chi connectivity index (χ0) is 25.6. The predicted octanol–water partition coefficient (Wildman–Crippen LogP) is 6.69. The summed E-state index contributed by atoms with van der Waals surface area (Å²) in [5.41, 5.74) is 1.81. The third kappa shape index (κ3) is 5.57. The van der Waals surface area contributed by atoms with Crippen LogP contribution in [0.4, 0.5) is 5.69 Å². The number of para-hydroxylation sites is 3. The maximum atomic E-state index is 13.4. The molecule has 4 aromatic carbocycles. The molecule has 0 aliphatic rings. The average Bonchev–Trinajstić information content (AvgIpc) is 2.94. The fourth-order valence-electron chi connectivity index (χ4n) is 3.90. The summed E-state index contributed by atoms with van der Waals surface area (Å²) in [5.74, 6) is 1.26. The van der Waals surface area contributed by atoms with Crippen LogP contribution in [0.3, 0.4) is 0 Å². The second-order valence-electron chi connectivity index (χ2n) is 8.33. The molecule has 0 spiro atoms. The molecule has 6 nitrogen and oxygen atoms in total. The molecule has 1 N–H and O–H groups in total. The van der Waals surface area contributed by atoms with E-state index in [2.05, 4.69) is 5.32 Å². The summed E-state index contributed by atoms with van der Waals surface area (Å²) in [4.78, 5) is 31.5. The quantitative estimate of drug-likeness (QED) is 0.187. The first-order valence-corrected chi connectivity index (χ1v) is 12.9. The van der Waals surface area contributed by atoms with Gasteiger partial charge in [0.05, 0.1) is 21.8 Å². The number of carbonyl (C=O) groups is 1. The molecule has 0 saturated heterocycles. The summed E-state index contributed by atoms with van der Waals surface area (Å²) in [7, 11) is 0. The Labute approximate surface area is 219 Å². The van der Waals surface area contributed by atoms with E-state index in [-0.39, 0.29) is 11.5 Å². The zero-order valence-corrected chi connectivity index (χ0v) is 21.0. The van der Waals surface area contributed by atoms with E-state index in [4.69, 9.17) is 9.72 Å². The Balaban J connectivity index is 1.38. The number of nitrogens with zero attached hydrogens (tertiary/aromatic N) is 2. The van der Waals surface area contributed by atoms with Gasteiger partial charge in [-0.1, -0.05) is 67.2 Å². The van der Waals surface area contributed by atoms with Gasteiger partial charge in [-0.3, -0.25) is 14.2 Å². The van der Waals surface area contributed by atoms with Gasteiger partial charge in [0.15, 0.2) is 5.16 Å². The minimum absolute atomic E-state index is 0.161. The van der Waals surface area contributed by atoms with Gasteiger partial charge in [0.2, 0.25) is 5.91 Å². The Bertz CT molecular complexity index is 1570. The molecule has 0 aliphatic heterocycles. The van der Waals surface area contributed by atoms with Gasteiger partial charge in [0.25, 0.3) is 5.56 Å². The molecule has 7 heteroatoms. The fourth-order valence-corrected chi connectivity index (χ4v) is 4.93. The van der Waals surface area contributed by atoms with Crippen molar-refractivity contribution in [2.24, 2.45) is 0 Å². The molecule has 0 radical (unpaired) electrons. The molecule has 0 fully saturated rings. The number of benzene rings is 4. The SMILES string of the molecule is CCC(Sc1nc2ccccc2c(=O)n1-c1ccccc1)C(=O)Nc1ccc(Oc2ccccc2)cc1. The Morgan fingerprint density at radius 3 is 2.19 bits per heavy atom. The van der Waals surface area contributed by atoms with E-state index in [9.17, 15) is 9.59 Å². The van der Waals surface area contributed by atoms with Crippen LogP contribution < -0.4 is 15.6 Å². The van der Waals surface area contributed by atoms with Crippen molar-refractivity contribution in [1.29, 1.82) is 0 Å². The van der Waals surface area contributed by atoms with Crippen LogP contribution in [0, 0.1) is 0 Å². The van der Waals surface area contributed by atoms with Crippen molar-refractivity contribution in [3.8, 4) is 17.2 Å². The Morgan fingerprint density at radius 1 is 0.865 bits per heavy atom. The molecule has 1 aromatic heterocycles. The van der Waals surface area contributed by atoms with Crippen molar-refractivity contribution < 1.29 is 9.53 Å². The molecular formula is C30H25N3O3S. The molecule has 5 aromatic rings. The summed E-state index contributed by atoms with van der Waals surface area (Å²) in [6.45, 7) is 1.94. The molecule has 5 rings (SSSR count). The van der Waals surface area contributed by atoms with Crippen molar-refractivity contribution in [3.63, 3.8) is 0 Å². The summed E-state index contributed by atoms with van der Waals surface area (Å²) < 4.78 is 7.41. The third-order valence-corrected chi connectivity index (χ3v) is 7.09. The monoisotopic (exact) mass is 507 g/mol. The van der Waals surface area contributed by atoms with Crippen LogP contribution in [0.25, 0.3) is 16.6 Å². The number of aromatic nitrogens is 2. The topological polar surface area (TPSA) is 73.2 Å². The van der Waals surface area contributed by atoms with Crippen LogP contribution in [0.2, 0.25) is 0 Å². The van der Waals surface area contributed by atoms with Gasteiger partial charge in [-0.05, 0) is 67.1 Å². The van der Waals surface area contributed by atoms with Crippen LogP contribution in [0.15, 0.2) is 119 Å². The second-order valence-corrected chi connectivity index (χ2v) is 9.50. The smallest absolute Gasteiger partial charge is 0.266 e. The third-order valence-electron chi connectivity index (χ3n) is 5.77. The average molecular weight is 508 g/mol. The second kappa shape index (κ2) is 11.1. The molecule has 37 heavy (non-hydrogen) atoms. The Hall–Kier alpha value is -4.36. The van der Waals surface area contributed by atoms with Crippen LogP contribution in [-0.2, 0) is 4.79 Å². The highest BCUT2D eigenvalue weighted by Crippen LogP contribution is 2.28. The van der Waals surface area contributed by atoms with Crippen molar-refractivity contribution in [2.45, 2.75) is 23.8 Å². The lowest BCUT2D eigenvalue weighted by Crippen LogP contribution is -2.27. The van der Waals surface area contributed by atoms with Gasteiger partial charge in [-0.2, -0.15) is 0 Å². The van der Waals surface area contributed by atoms with E-state index in [0.717, 1.165) is 5.75 Å². The summed E-state index contributed by atoms with van der Waals surface area (Å²) >= 11 is 1.29. The van der Waals surface area contributed by atoms with Crippen LogP contribution >= 0.6 is 11.8 Å². The molecule has 0 aliphatic carbocycles. The van der Waals surface area contributed by atoms with Gasteiger partial charge >= 0.3 is 0 Å². The maximum absolute atomic E-state index is 13.4. The van der Waals surface area contributed by atoms with E-state index in [0.29, 0.717) is 39.6 Å². The highest BCUT2D eigenvalue weighted by atomic mass is 32.2. The lowest BCUT2D eigenvalue weighted by Gasteiger charge is -2.18. The molecule has 1 unspecified atom stereocenters. The van der Waals surface area contributed by atoms with E-state index in [1.54, 1.807) is 10.6 Å². The highest BCUT2D eigenvalue weighted by molar-refractivity contribution is 8.00. The van der Waals surface area contributed by atoms with E-state index in [1.807, 2.05) is 110 Å². The van der Waals surface area contributed by atoms with Crippen molar-refractivity contribution in [2.75, 3.05) is 5.32 Å². The number of thioether (sulfide) groups is 1. The highest BCUT2D eigenvalue weighted by Gasteiger charge is 2.23. The van der Waals surface area contributed by atoms with Crippen LogP contribution in [-0.4, -0.2) is 20.7 Å². The number of hydrogen-bond acceptors (Lipinski definition) is 5. The number of rotatable bonds is 8. The molecule has 1 atom stereocenters. The zero-order valence-electron chi connectivity index (χ0n) is 20.2. The van der Waals surface area contributed by atoms with Gasteiger partial charge < -0.3 is 10.1 Å². The lowest BCUT2D eigenvalue weighted by molar-refractivity contribution is -0.115. The number of nitrogens with one attached hydrogen (secondary N) is 1. The van der Waals surface area contributed by atoms with E-state index in [1.165, 1.54) is 11.8 Å². The van der Waals surface area contributed by atoms with Crippen LogP contribution in [0.1, 0.15) is 13.3 Å². The van der Waals surface area contributed by atoms with Gasteiger partial charge in [-0.15, -0.1) is 0 Å². The number of anilines is 1.